The number of thiophene rings is 1. The number of rotatable bonds is 6. The quantitative estimate of drug-likeness (QED) is 0.606. The van der Waals surface area contributed by atoms with Crippen LogP contribution < -0.4 is 5.73 Å². The van der Waals surface area contributed by atoms with E-state index in [9.17, 15) is 9.59 Å². The average molecular weight is 437 g/mol. The Bertz CT molecular complexity index is 1060. The van der Waals surface area contributed by atoms with Gasteiger partial charge in [-0.15, -0.1) is 11.3 Å². The van der Waals surface area contributed by atoms with Crippen molar-refractivity contribution in [2.24, 2.45) is 11.1 Å². The van der Waals surface area contributed by atoms with Crippen molar-refractivity contribution in [3.05, 3.63) is 64.8 Å². The van der Waals surface area contributed by atoms with E-state index in [1.165, 1.54) is 4.88 Å². The van der Waals surface area contributed by atoms with Crippen LogP contribution in [0.2, 0.25) is 0 Å². The minimum atomic E-state index is -0.654. The van der Waals surface area contributed by atoms with Gasteiger partial charge in [-0.05, 0) is 53.8 Å². The highest BCUT2D eigenvalue weighted by Crippen LogP contribution is 2.39. The molecule has 0 saturated carbocycles. The van der Waals surface area contributed by atoms with Crippen LogP contribution in [-0.4, -0.2) is 40.0 Å². The topological polar surface area (TPSA) is 92.1 Å². The Morgan fingerprint density at radius 2 is 1.94 bits per heavy atom. The van der Waals surface area contributed by atoms with E-state index in [1.54, 1.807) is 16.2 Å². The molecular weight excluding hydrogens is 408 g/mol. The van der Waals surface area contributed by atoms with Crippen LogP contribution in [-0.2, 0) is 11.2 Å². The van der Waals surface area contributed by atoms with Crippen molar-refractivity contribution in [3.8, 4) is 10.4 Å². The Kier molecular flexibility index (Phi) is 5.96. The molecule has 3 aromatic rings. The van der Waals surface area contributed by atoms with Gasteiger partial charge in [0.1, 0.15) is 5.69 Å². The minimum absolute atomic E-state index is 0.0970. The number of hydrogen-bond donors (Lipinski definition) is 2. The molecular formula is C24H28N4O2S. The van der Waals surface area contributed by atoms with E-state index in [4.69, 9.17) is 5.73 Å². The molecule has 0 unspecified atom stereocenters. The van der Waals surface area contributed by atoms with Gasteiger partial charge in [-0.1, -0.05) is 44.2 Å². The van der Waals surface area contributed by atoms with Gasteiger partial charge in [0.2, 0.25) is 5.91 Å². The van der Waals surface area contributed by atoms with Crippen LogP contribution >= 0.6 is 11.3 Å². The van der Waals surface area contributed by atoms with Gasteiger partial charge in [0.15, 0.2) is 0 Å². The summed E-state index contributed by atoms with van der Waals surface area (Å²) in [5.74, 6) is -0.107. The molecule has 0 aliphatic carbocycles. The number of likely N-dealkylation sites (tertiary alicyclic amines) is 1. The number of amides is 2. The maximum absolute atomic E-state index is 12.9. The van der Waals surface area contributed by atoms with Gasteiger partial charge in [0, 0.05) is 23.7 Å². The molecule has 1 saturated heterocycles. The summed E-state index contributed by atoms with van der Waals surface area (Å²) in [6, 6.07) is 14.1. The van der Waals surface area contributed by atoms with Crippen molar-refractivity contribution < 1.29 is 9.59 Å². The van der Waals surface area contributed by atoms with E-state index in [1.807, 2.05) is 24.3 Å². The molecule has 7 heteroatoms. The maximum Gasteiger partial charge on any atom is 0.274 e. The number of nitrogens with zero attached hydrogens (tertiary/aromatic N) is 2. The number of H-pyrrole nitrogens is 1. The molecule has 0 bridgehead atoms. The molecule has 1 aliphatic rings. The lowest BCUT2D eigenvalue weighted by atomic mass is 9.72. The first kappa shape index (κ1) is 21.3. The summed E-state index contributed by atoms with van der Waals surface area (Å²) in [6.07, 6.45) is 1.68. The lowest BCUT2D eigenvalue weighted by molar-refractivity contribution is -0.130. The van der Waals surface area contributed by atoms with Crippen LogP contribution in [0.15, 0.2) is 47.8 Å². The molecule has 4 rings (SSSR count). The predicted octanol–water partition coefficient (Wildman–Crippen LogP) is 4.21. The molecule has 6 nitrogen and oxygen atoms in total. The summed E-state index contributed by atoms with van der Waals surface area (Å²) < 4.78 is 0. The number of carbonyl (C=O) groups excluding carboxylic acids is 2. The molecule has 3 heterocycles. The zero-order chi connectivity index (χ0) is 22.0. The van der Waals surface area contributed by atoms with Gasteiger partial charge in [-0.25, -0.2) is 0 Å². The highest BCUT2D eigenvalue weighted by molar-refractivity contribution is 7.13. The highest BCUT2D eigenvalue weighted by Gasteiger charge is 2.41. The number of benzene rings is 1. The molecule has 1 aliphatic heterocycles. The van der Waals surface area contributed by atoms with Crippen LogP contribution in [0, 0.1) is 5.41 Å². The monoisotopic (exact) mass is 436 g/mol. The zero-order valence-corrected chi connectivity index (χ0v) is 18.7. The molecule has 1 fully saturated rings. The molecule has 2 amide bonds. The number of carbonyl (C=O) groups is 2. The first-order valence-electron chi connectivity index (χ1n) is 10.7. The first-order chi connectivity index (χ1) is 14.9. The number of nitrogens with one attached hydrogen (secondary N) is 1. The second kappa shape index (κ2) is 8.67. The fourth-order valence-electron chi connectivity index (χ4n) is 4.26. The summed E-state index contributed by atoms with van der Waals surface area (Å²) in [6.45, 7) is 5.09. The smallest absolute Gasteiger partial charge is 0.274 e. The first-order valence-corrected chi connectivity index (χ1v) is 11.5. The third-order valence-corrected chi connectivity index (χ3v) is 7.21. The second-order valence-electron chi connectivity index (χ2n) is 8.61. The summed E-state index contributed by atoms with van der Waals surface area (Å²) in [4.78, 5) is 28.5. The molecule has 2 aromatic heterocycles. The largest absolute Gasteiger partial charge is 0.369 e. The summed E-state index contributed by atoms with van der Waals surface area (Å²) in [5.41, 5.74) is 8.92. The number of primary amides is 1. The fraction of sp³-hybridized carbons (Fsp3) is 0.375. The van der Waals surface area contributed by atoms with Crippen LogP contribution in [0.25, 0.3) is 10.4 Å². The van der Waals surface area contributed by atoms with Crippen LogP contribution in [0.1, 0.15) is 54.4 Å². The Hall–Kier alpha value is -2.93. The normalized spacial score (nSPS) is 15.9. The number of hydrogen-bond acceptors (Lipinski definition) is 4. The van der Waals surface area contributed by atoms with Crippen LogP contribution in [0.5, 0.6) is 0 Å². The van der Waals surface area contributed by atoms with Crippen molar-refractivity contribution in [1.82, 2.24) is 15.1 Å². The average Bonchev–Trinajstić information content (AvgIpc) is 3.46. The van der Waals surface area contributed by atoms with Crippen molar-refractivity contribution in [3.63, 3.8) is 0 Å². The molecule has 0 atom stereocenters. The Morgan fingerprint density at radius 3 is 2.55 bits per heavy atom. The van der Waals surface area contributed by atoms with Crippen LogP contribution in [0.3, 0.4) is 0 Å². The fourth-order valence-corrected chi connectivity index (χ4v) is 5.05. The molecule has 0 spiro atoms. The molecule has 31 heavy (non-hydrogen) atoms. The van der Waals surface area contributed by atoms with E-state index < -0.39 is 5.41 Å². The van der Waals surface area contributed by atoms with Gasteiger partial charge >= 0.3 is 0 Å². The Balaban J connectivity index is 1.51. The molecule has 162 valence electrons. The van der Waals surface area contributed by atoms with Gasteiger partial charge in [0.25, 0.3) is 5.91 Å². The highest BCUT2D eigenvalue weighted by atomic mass is 32.1. The number of aromatic nitrogens is 2. The third-order valence-electron chi connectivity index (χ3n) is 6.30. The van der Waals surface area contributed by atoms with Gasteiger partial charge in [0.05, 0.1) is 5.41 Å². The Labute approximate surface area is 186 Å². The number of piperidine rings is 1. The van der Waals surface area contributed by atoms with E-state index in [2.05, 4.69) is 47.6 Å². The van der Waals surface area contributed by atoms with Crippen molar-refractivity contribution in [2.75, 3.05) is 13.1 Å². The third kappa shape index (κ3) is 4.28. The maximum atomic E-state index is 12.9. The number of nitrogens with two attached hydrogens (primary N) is 1. The molecule has 1 aromatic carbocycles. The minimum Gasteiger partial charge on any atom is -0.369 e. The van der Waals surface area contributed by atoms with Gasteiger partial charge in [-0.2, -0.15) is 5.10 Å². The van der Waals surface area contributed by atoms with Crippen molar-refractivity contribution in [2.45, 2.75) is 39.0 Å². The summed E-state index contributed by atoms with van der Waals surface area (Å²) in [5, 5.41) is 9.18. The summed E-state index contributed by atoms with van der Waals surface area (Å²) >= 11 is 1.69. The van der Waals surface area contributed by atoms with Crippen LogP contribution in [0.4, 0.5) is 0 Å². The zero-order valence-electron chi connectivity index (χ0n) is 17.9. The Morgan fingerprint density at radius 1 is 1.19 bits per heavy atom. The number of aromatic amines is 1. The van der Waals surface area contributed by atoms with Gasteiger partial charge in [-0.3, -0.25) is 14.7 Å². The van der Waals surface area contributed by atoms with E-state index in [-0.39, 0.29) is 17.7 Å². The van der Waals surface area contributed by atoms with Crippen molar-refractivity contribution >= 4 is 23.2 Å². The standard InChI is InChI=1S/C24H28N4O2S/c1-16(2)19-14-20(27-26-19)22(29)28-11-9-24(10-12-28,23(25)30)15-17-6-3-4-7-18(17)21-8-5-13-31-21/h3-8,13-14,16H,9-12,15H2,1-2H3,(H2,25,30)(H,26,27). The van der Waals surface area contributed by atoms with E-state index in [0.717, 1.165) is 16.8 Å². The lowest BCUT2D eigenvalue weighted by Crippen LogP contribution is -2.50. The second-order valence-corrected chi connectivity index (χ2v) is 9.56. The lowest BCUT2D eigenvalue weighted by Gasteiger charge is -2.40. The SMILES string of the molecule is CC(C)c1cc(C(=O)N2CCC(Cc3ccccc3-c3cccs3)(C(N)=O)CC2)n[nH]1. The van der Waals surface area contributed by atoms with E-state index >= 15 is 0 Å². The molecule has 3 N–H and O–H groups in total. The predicted molar refractivity (Wildman–Crippen MR) is 123 cm³/mol. The molecule has 0 radical (unpaired) electrons. The van der Waals surface area contributed by atoms with Crippen molar-refractivity contribution in [1.29, 1.82) is 0 Å². The van der Waals surface area contributed by atoms with E-state index in [0.29, 0.717) is 38.0 Å². The summed E-state index contributed by atoms with van der Waals surface area (Å²) in [7, 11) is 0. The van der Waals surface area contributed by atoms with Gasteiger partial charge < -0.3 is 10.6 Å².